The van der Waals surface area contributed by atoms with Crippen LogP contribution < -0.4 is 5.56 Å². The predicted octanol–water partition coefficient (Wildman–Crippen LogP) is 2.47. The minimum Gasteiger partial charge on any atom is -0.609 e. The third kappa shape index (κ3) is 4.25. The van der Waals surface area contributed by atoms with E-state index in [1.807, 2.05) is 0 Å². The highest BCUT2D eigenvalue weighted by atomic mass is 79.9. The average Bonchev–Trinajstić information content (AvgIpc) is 3.18. The SMILES string of the molecule is C[C@@H]1Cc2c(nc([S+](C)[O-])n(-c3nncn3C)c2=O)CN1C(=O)c1ccc(Br)c(C(F)(F)F)c1. The summed E-state index contributed by atoms with van der Waals surface area (Å²) in [4.78, 5) is 32.3. The third-order valence-corrected chi connectivity index (χ3v) is 6.99. The molecule has 4 rings (SSSR count). The first-order valence-corrected chi connectivity index (χ1v) is 12.3. The highest BCUT2D eigenvalue weighted by Crippen LogP contribution is 2.36. The van der Waals surface area contributed by atoms with E-state index in [0.29, 0.717) is 5.56 Å². The molecule has 0 saturated heterocycles. The van der Waals surface area contributed by atoms with Crippen LogP contribution in [0, 0.1) is 0 Å². The molecule has 0 bridgehead atoms. The summed E-state index contributed by atoms with van der Waals surface area (Å²) in [6.07, 6.45) is -1.78. The van der Waals surface area contributed by atoms with Gasteiger partial charge in [0.1, 0.15) is 12.6 Å². The van der Waals surface area contributed by atoms with Crippen molar-refractivity contribution in [2.75, 3.05) is 6.26 Å². The zero-order chi connectivity index (χ0) is 24.9. The maximum atomic E-state index is 13.3. The number of aryl methyl sites for hydroxylation is 1. The Kier molecular flexibility index (Phi) is 6.33. The van der Waals surface area contributed by atoms with Crippen LogP contribution in [0.2, 0.25) is 0 Å². The molecule has 9 nitrogen and oxygen atoms in total. The number of hydrogen-bond donors (Lipinski definition) is 0. The van der Waals surface area contributed by atoms with E-state index >= 15 is 0 Å². The van der Waals surface area contributed by atoms with Crippen molar-refractivity contribution in [1.29, 1.82) is 0 Å². The second-order valence-corrected chi connectivity index (χ2v) is 9.96. The Balaban J connectivity index is 1.77. The van der Waals surface area contributed by atoms with Gasteiger partial charge in [0.15, 0.2) is 0 Å². The molecular formula is C20H18BrF3N6O3S. The van der Waals surface area contributed by atoms with Gasteiger partial charge in [-0.3, -0.25) is 9.59 Å². The normalized spacial score (nSPS) is 16.9. The number of hydrogen-bond acceptors (Lipinski definition) is 6. The Labute approximate surface area is 202 Å². The van der Waals surface area contributed by atoms with Gasteiger partial charge in [0, 0.05) is 39.9 Å². The van der Waals surface area contributed by atoms with E-state index in [9.17, 15) is 27.3 Å². The summed E-state index contributed by atoms with van der Waals surface area (Å²) >= 11 is 1.18. The van der Waals surface area contributed by atoms with Gasteiger partial charge in [-0.2, -0.15) is 22.7 Å². The first-order chi connectivity index (χ1) is 15.9. The molecule has 34 heavy (non-hydrogen) atoms. The second-order valence-electron chi connectivity index (χ2n) is 7.83. The lowest BCUT2D eigenvalue weighted by Gasteiger charge is -2.34. The van der Waals surface area contributed by atoms with Crippen LogP contribution in [0.5, 0.6) is 0 Å². The van der Waals surface area contributed by atoms with Gasteiger partial charge in [0.05, 0.1) is 17.8 Å². The summed E-state index contributed by atoms with van der Waals surface area (Å²) in [6.45, 7) is 1.58. The van der Waals surface area contributed by atoms with Crippen LogP contribution in [0.15, 0.2) is 39.0 Å². The van der Waals surface area contributed by atoms with Crippen LogP contribution in [0.1, 0.15) is 34.1 Å². The summed E-state index contributed by atoms with van der Waals surface area (Å²) in [5.74, 6) is -0.485. The van der Waals surface area contributed by atoms with Gasteiger partial charge in [-0.05, 0) is 31.5 Å². The van der Waals surface area contributed by atoms with Crippen molar-refractivity contribution >= 4 is 33.0 Å². The lowest BCUT2D eigenvalue weighted by molar-refractivity contribution is -0.138. The number of carbonyl (C=O) groups is 1. The van der Waals surface area contributed by atoms with Crippen molar-refractivity contribution < 1.29 is 22.5 Å². The summed E-state index contributed by atoms with van der Waals surface area (Å²) in [5.41, 5.74) is -1.02. The van der Waals surface area contributed by atoms with Crippen molar-refractivity contribution in [3.8, 4) is 5.95 Å². The fraction of sp³-hybridized carbons (Fsp3) is 0.350. The first-order valence-electron chi connectivity index (χ1n) is 9.90. The Bertz CT molecular complexity index is 1340. The van der Waals surface area contributed by atoms with Crippen LogP contribution >= 0.6 is 15.9 Å². The van der Waals surface area contributed by atoms with Crippen molar-refractivity contribution in [2.45, 2.75) is 37.3 Å². The van der Waals surface area contributed by atoms with Crippen LogP contribution in [0.25, 0.3) is 5.95 Å². The monoisotopic (exact) mass is 558 g/mol. The molecule has 1 aromatic carbocycles. The quantitative estimate of drug-likeness (QED) is 0.361. The summed E-state index contributed by atoms with van der Waals surface area (Å²) < 4.78 is 54.8. The van der Waals surface area contributed by atoms with Gasteiger partial charge >= 0.3 is 11.3 Å². The van der Waals surface area contributed by atoms with Gasteiger partial charge in [0.25, 0.3) is 11.5 Å². The van der Waals surface area contributed by atoms with E-state index < -0.39 is 40.4 Å². The maximum absolute atomic E-state index is 13.3. The Hall–Kier alpha value is -2.71. The van der Waals surface area contributed by atoms with Gasteiger partial charge < -0.3 is 14.0 Å². The molecule has 180 valence electrons. The fourth-order valence-corrected chi connectivity index (χ4v) is 4.93. The lowest BCUT2D eigenvalue weighted by atomic mass is 9.98. The molecule has 1 unspecified atom stereocenters. The number of carbonyl (C=O) groups excluding carboxylic acids is 1. The number of rotatable bonds is 3. The van der Waals surface area contributed by atoms with E-state index in [-0.39, 0.29) is 39.8 Å². The molecule has 0 fully saturated rings. The Morgan fingerprint density at radius 2 is 2.03 bits per heavy atom. The van der Waals surface area contributed by atoms with E-state index in [2.05, 4.69) is 31.1 Å². The number of nitrogens with zero attached hydrogens (tertiary/aromatic N) is 6. The fourth-order valence-electron chi connectivity index (χ4n) is 3.80. The van der Waals surface area contributed by atoms with E-state index in [1.165, 1.54) is 34.2 Å². The third-order valence-electron chi connectivity index (χ3n) is 5.51. The topological polar surface area (TPSA) is 109 Å². The summed E-state index contributed by atoms with van der Waals surface area (Å²) in [7, 11) is 1.63. The number of fused-ring (bicyclic) bond motifs is 1. The molecule has 0 radical (unpaired) electrons. The number of amides is 1. The van der Waals surface area contributed by atoms with Crippen LogP contribution in [-0.4, -0.2) is 52.0 Å². The standard InChI is InChI=1S/C20H18BrF3N6O3S/c1-10-6-12-15(26-19(34(3)33)30(17(12)32)18-27-25-9-28(18)2)8-29(10)16(31)11-4-5-14(21)13(7-11)20(22,23)24/h4-5,7,9-10H,6,8H2,1-3H3/t10-,34?/m1/s1. The second kappa shape index (κ2) is 8.82. The number of aromatic nitrogens is 5. The molecule has 1 aliphatic rings. The summed E-state index contributed by atoms with van der Waals surface area (Å²) in [5, 5.41) is 7.61. The molecule has 0 saturated carbocycles. The molecule has 0 aliphatic carbocycles. The lowest BCUT2D eigenvalue weighted by Crippen LogP contribution is -2.46. The van der Waals surface area contributed by atoms with Crippen molar-refractivity contribution in [3.05, 3.63) is 61.7 Å². The van der Waals surface area contributed by atoms with Gasteiger partial charge in [0.2, 0.25) is 5.95 Å². The van der Waals surface area contributed by atoms with E-state index in [1.54, 1.807) is 14.0 Å². The molecule has 2 aromatic heterocycles. The zero-order valence-corrected chi connectivity index (χ0v) is 20.5. The Morgan fingerprint density at radius 3 is 2.62 bits per heavy atom. The van der Waals surface area contributed by atoms with Crippen LogP contribution in [0.3, 0.4) is 0 Å². The average molecular weight is 559 g/mol. The maximum Gasteiger partial charge on any atom is 0.417 e. The predicted molar refractivity (Wildman–Crippen MR) is 119 cm³/mol. The molecule has 3 aromatic rings. The molecule has 2 atom stereocenters. The van der Waals surface area contributed by atoms with Crippen LogP contribution in [0.4, 0.5) is 13.2 Å². The van der Waals surface area contributed by atoms with Gasteiger partial charge in [-0.1, -0.05) is 15.9 Å². The first kappa shape index (κ1) is 24.4. The molecular weight excluding hydrogens is 541 g/mol. The van der Waals surface area contributed by atoms with Gasteiger partial charge in [-0.25, -0.2) is 0 Å². The molecule has 0 N–H and O–H groups in total. The highest BCUT2D eigenvalue weighted by Gasteiger charge is 2.37. The van der Waals surface area contributed by atoms with E-state index in [4.69, 9.17) is 0 Å². The number of halogens is 4. The highest BCUT2D eigenvalue weighted by molar-refractivity contribution is 9.10. The largest absolute Gasteiger partial charge is 0.609 e. The number of benzene rings is 1. The van der Waals surface area contributed by atoms with Crippen molar-refractivity contribution in [3.63, 3.8) is 0 Å². The molecule has 0 spiro atoms. The van der Waals surface area contributed by atoms with Crippen molar-refractivity contribution in [1.82, 2.24) is 29.2 Å². The zero-order valence-electron chi connectivity index (χ0n) is 18.1. The minimum absolute atomic E-state index is 0.0650. The molecule has 1 aliphatic heterocycles. The minimum atomic E-state index is -4.64. The van der Waals surface area contributed by atoms with Crippen LogP contribution in [-0.2, 0) is 37.4 Å². The molecule has 1 amide bonds. The molecule has 3 heterocycles. The smallest absolute Gasteiger partial charge is 0.417 e. The molecule has 14 heteroatoms. The summed E-state index contributed by atoms with van der Waals surface area (Å²) in [6, 6.07) is 2.77. The van der Waals surface area contributed by atoms with Gasteiger partial charge in [-0.15, -0.1) is 10.2 Å². The Morgan fingerprint density at radius 1 is 1.32 bits per heavy atom. The van der Waals surface area contributed by atoms with E-state index in [0.717, 1.165) is 10.6 Å². The number of alkyl halides is 3. The van der Waals surface area contributed by atoms with Crippen molar-refractivity contribution in [2.24, 2.45) is 7.05 Å².